The number of aliphatic hydroxyl groups is 5. The molecule has 4 unspecified atom stereocenters. The van der Waals surface area contributed by atoms with Crippen molar-refractivity contribution < 1.29 is 39.8 Å². The molecule has 0 spiro atoms. The Morgan fingerprint density at radius 1 is 0.857 bits per heavy atom. The van der Waals surface area contributed by atoms with Crippen LogP contribution in [0.15, 0.2) is 0 Å². The molecule has 0 saturated heterocycles. The normalized spacial score (nSPS) is 16.2. The van der Waals surface area contributed by atoms with Gasteiger partial charge in [-0.3, -0.25) is 4.79 Å². The molecule has 35 heavy (non-hydrogen) atoms. The second-order valence-electron chi connectivity index (χ2n) is 11.3. The van der Waals surface area contributed by atoms with Crippen molar-refractivity contribution >= 4 is 18.5 Å². The summed E-state index contributed by atoms with van der Waals surface area (Å²) in [7, 11) is 0. The zero-order valence-electron chi connectivity index (χ0n) is 23.2. The van der Waals surface area contributed by atoms with Crippen LogP contribution in [0.5, 0.6) is 0 Å². The van der Waals surface area contributed by atoms with E-state index in [4.69, 9.17) is 19.7 Å². The van der Waals surface area contributed by atoms with Crippen molar-refractivity contribution in [1.29, 1.82) is 0 Å². The summed E-state index contributed by atoms with van der Waals surface area (Å²) in [5, 5.41) is 49.2. The first-order valence-corrected chi connectivity index (χ1v) is 12.8. The van der Waals surface area contributed by atoms with Crippen LogP contribution < -0.4 is 5.32 Å². The summed E-state index contributed by atoms with van der Waals surface area (Å²) in [6.45, 7) is 17.3. The molecule has 0 aliphatic carbocycles. The van der Waals surface area contributed by atoms with E-state index in [0.29, 0.717) is 18.8 Å². The van der Waals surface area contributed by atoms with E-state index in [9.17, 15) is 20.1 Å². The molecule has 0 aliphatic rings. The van der Waals surface area contributed by atoms with Gasteiger partial charge in [0.25, 0.3) is 0 Å². The first-order valence-electron chi connectivity index (χ1n) is 12.3. The number of hydrogen-bond donors (Lipinski definition) is 7. The van der Waals surface area contributed by atoms with Crippen molar-refractivity contribution in [2.45, 2.75) is 110 Å². The highest BCUT2D eigenvalue weighted by Crippen LogP contribution is 2.31. The maximum Gasteiger partial charge on any atom is 0.216 e. The lowest BCUT2D eigenvalue weighted by Gasteiger charge is -2.37. The topological polar surface area (TPSA) is 149 Å². The van der Waals surface area contributed by atoms with E-state index < -0.39 is 29.5 Å². The molecule has 0 rings (SSSR count). The summed E-state index contributed by atoms with van der Waals surface area (Å²) in [6, 6.07) is 0. The highest BCUT2D eigenvalue weighted by Gasteiger charge is 2.33. The minimum absolute atomic E-state index is 0.00958. The second kappa shape index (κ2) is 17.1. The predicted molar refractivity (Wildman–Crippen MR) is 142 cm³/mol. The van der Waals surface area contributed by atoms with E-state index in [0.717, 1.165) is 0 Å². The first-order chi connectivity index (χ1) is 15.8. The molecule has 10 heteroatoms. The molecule has 0 aromatic rings. The molecular weight excluding hydrogens is 474 g/mol. The number of carbonyl (C=O) groups excluding carboxylic acids is 1. The number of amides is 1. The maximum atomic E-state index is 10.6. The number of rotatable bonds is 16. The maximum absolute atomic E-state index is 10.6. The molecule has 1 amide bonds. The monoisotopic (exact) mass is 527 g/mol. The molecule has 0 aromatic heterocycles. The molecule has 0 radical (unpaired) electrons. The molecule has 4 atom stereocenters. The van der Waals surface area contributed by atoms with E-state index in [2.05, 4.69) is 31.8 Å². The highest BCUT2D eigenvalue weighted by atomic mass is 32.1. The molecule has 0 bridgehead atoms. The Morgan fingerprint density at radius 3 is 1.77 bits per heavy atom. The molecule has 0 aliphatic heterocycles. The van der Waals surface area contributed by atoms with Gasteiger partial charge in [-0.15, -0.1) is 0 Å². The molecule has 0 fully saturated rings. The Kier molecular flexibility index (Phi) is 18.0. The van der Waals surface area contributed by atoms with E-state index in [1.54, 1.807) is 0 Å². The Balaban J connectivity index is 0. The summed E-state index contributed by atoms with van der Waals surface area (Å²) in [6.07, 6.45) is -1.14. The molecule has 0 heterocycles. The SMILES string of the molecule is CC(=O)NCC(O)COC(C)(C)CC(S)CO.CC(C)C(C)(C)C(O)COC(C)(C)CC(O)CO. The minimum atomic E-state index is -0.782. The third kappa shape index (κ3) is 18.4. The third-order valence-corrected chi connectivity index (χ3v) is 6.45. The van der Waals surface area contributed by atoms with Crippen LogP contribution in [0, 0.1) is 11.3 Å². The zero-order chi connectivity index (χ0) is 28.0. The highest BCUT2D eigenvalue weighted by molar-refractivity contribution is 7.81. The van der Waals surface area contributed by atoms with Crippen molar-refractivity contribution in [1.82, 2.24) is 5.32 Å². The van der Waals surface area contributed by atoms with E-state index in [1.807, 2.05) is 41.5 Å². The molecular formula is C25H53NO8S. The van der Waals surface area contributed by atoms with Gasteiger partial charge in [0.15, 0.2) is 0 Å². The fraction of sp³-hybridized carbons (Fsp3) is 0.960. The summed E-state index contributed by atoms with van der Waals surface area (Å²) in [5.41, 5.74) is -1.24. The van der Waals surface area contributed by atoms with Gasteiger partial charge < -0.3 is 40.3 Å². The Hall–Kier alpha value is -0.460. The first kappa shape index (κ1) is 36.7. The number of ether oxygens (including phenoxy) is 2. The lowest BCUT2D eigenvalue weighted by atomic mass is 9.76. The summed E-state index contributed by atoms with van der Waals surface area (Å²) in [4.78, 5) is 10.6. The average molecular weight is 528 g/mol. The molecule has 0 saturated carbocycles. The molecule has 0 aromatic carbocycles. The van der Waals surface area contributed by atoms with Crippen LogP contribution in [0.4, 0.5) is 0 Å². The molecule has 212 valence electrons. The number of carbonyl (C=O) groups is 1. The van der Waals surface area contributed by atoms with E-state index in [-0.39, 0.29) is 49.5 Å². The van der Waals surface area contributed by atoms with Crippen molar-refractivity contribution in [3.63, 3.8) is 0 Å². The number of thiol groups is 1. The van der Waals surface area contributed by atoms with Crippen LogP contribution in [0.3, 0.4) is 0 Å². The summed E-state index contributed by atoms with van der Waals surface area (Å²) >= 11 is 4.19. The van der Waals surface area contributed by atoms with Gasteiger partial charge in [0.1, 0.15) is 0 Å². The zero-order valence-corrected chi connectivity index (χ0v) is 24.1. The molecule has 9 nitrogen and oxygen atoms in total. The second-order valence-corrected chi connectivity index (χ2v) is 12.0. The number of nitrogens with one attached hydrogen (secondary N) is 1. The van der Waals surface area contributed by atoms with E-state index >= 15 is 0 Å². The lowest BCUT2D eigenvalue weighted by Crippen LogP contribution is -2.41. The van der Waals surface area contributed by atoms with Crippen LogP contribution in [0.2, 0.25) is 0 Å². The Labute approximate surface area is 218 Å². The lowest BCUT2D eigenvalue weighted by molar-refractivity contribution is -0.120. The number of aliphatic hydroxyl groups excluding tert-OH is 5. The van der Waals surface area contributed by atoms with Crippen molar-refractivity contribution in [2.75, 3.05) is 33.0 Å². The van der Waals surface area contributed by atoms with Crippen LogP contribution in [0.25, 0.3) is 0 Å². The van der Waals surface area contributed by atoms with Gasteiger partial charge in [-0.25, -0.2) is 0 Å². The summed E-state index contributed by atoms with van der Waals surface area (Å²) in [5.74, 6) is 0.168. The average Bonchev–Trinajstić information content (AvgIpc) is 2.74. The quantitative estimate of drug-likeness (QED) is 0.149. The Morgan fingerprint density at radius 2 is 1.34 bits per heavy atom. The van der Waals surface area contributed by atoms with Gasteiger partial charge >= 0.3 is 0 Å². The minimum Gasteiger partial charge on any atom is -0.395 e. The fourth-order valence-corrected chi connectivity index (χ4v) is 3.37. The van der Waals surface area contributed by atoms with Gasteiger partial charge in [-0.1, -0.05) is 27.7 Å². The van der Waals surface area contributed by atoms with Gasteiger partial charge in [-0.2, -0.15) is 12.6 Å². The predicted octanol–water partition coefficient (Wildman–Crippen LogP) is 1.53. The van der Waals surface area contributed by atoms with Gasteiger partial charge in [0.05, 0.1) is 55.9 Å². The van der Waals surface area contributed by atoms with E-state index in [1.165, 1.54) is 6.92 Å². The van der Waals surface area contributed by atoms with Crippen molar-refractivity contribution in [2.24, 2.45) is 11.3 Å². The van der Waals surface area contributed by atoms with Crippen LogP contribution in [-0.4, -0.2) is 99.2 Å². The van der Waals surface area contributed by atoms with Crippen molar-refractivity contribution in [3.05, 3.63) is 0 Å². The third-order valence-electron chi connectivity index (χ3n) is 6.11. The van der Waals surface area contributed by atoms with Gasteiger partial charge in [0.2, 0.25) is 5.91 Å². The standard InChI is InChI=1S/C14H30O4.C11H23NO4S/c1-10(2)14(5,6)12(17)9-18-13(3,4)7-11(16)8-15;1-8(14)12-5-9(15)7-16-11(2,3)4-10(17)6-13/h10-12,15-17H,7-9H2,1-6H3;9-10,13,15,17H,4-7H2,1-3H3,(H,12,14). The smallest absolute Gasteiger partial charge is 0.216 e. The van der Waals surface area contributed by atoms with Crippen LogP contribution in [-0.2, 0) is 14.3 Å². The van der Waals surface area contributed by atoms with Gasteiger partial charge in [-0.05, 0) is 45.4 Å². The fourth-order valence-electron chi connectivity index (χ4n) is 2.93. The van der Waals surface area contributed by atoms with Crippen LogP contribution in [0.1, 0.15) is 75.2 Å². The number of hydrogen-bond acceptors (Lipinski definition) is 9. The Bertz CT molecular complexity index is 572. The van der Waals surface area contributed by atoms with Crippen LogP contribution >= 0.6 is 12.6 Å². The largest absolute Gasteiger partial charge is 0.395 e. The molecule has 6 N–H and O–H groups in total. The summed E-state index contributed by atoms with van der Waals surface area (Å²) < 4.78 is 11.2. The van der Waals surface area contributed by atoms with Gasteiger partial charge in [0, 0.05) is 25.1 Å². The van der Waals surface area contributed by atoms with Crippen molar-refractivity contribution in [3.8, 4) is 0 Å².